The molecule has 0 aliphatic rings. The van der Waals surface area contributed by atoms with Crippen LogP contribution in [0.25, 0.3) is 0 Å². The van der Waals surface area contributed by atoms with Gasteiger partial charge in [-0.1, -0.05) is 29.8 Å². The lowest BCUT2D eigenvalue weighted by molar-refractivity contribution is -0.137. The highest BCUT2D eigenvalue weighted by molar-refractivity contribution is 7.88. The van der Waals surface area contributed by atoms with Crippen molar-refractivity contribution in [3.05, 3.63) is 76.7 Å². The Balaban J connectivity index is 1.58. The van der Waals surface area contributed by atoms with Gasteiger partial charge in [-0.15, -0.1) is 0 Å². The zero-order valence-corrected chi connectivity index (χ0v) is 23.6. The maximum absolute atomic E-state index is 13.0. The normalized spacial score (nSPS) is 11.8. The van der Waals surface area contributed by atoms with Gasteiger partial charge in [0.15, 0.2) is 11.5 Å². The first kappa shape index (κ1) is 31.9. The number of hydrogen-bond acceptors (Lipinski definition) is 8. The Bertz CT molecular complexity index is 1430. The summed E-state index contributed by atoms with van der Waals surface area (Å²) in [4.78, 5) is 19.8. The van der Waals surface area contributed by atoms with E-state index in [-0.39, 0.29) is 48.7 Å². The Morgan fingerprint density at radius 2 is 1.88 bits per heavy atom. The van der Waals surface area contributed by atoms with Gasteiger partial charge in [-0.2, -0.15) is 26.3 Å². The fourth-order valence-corrected chi connectivity index (χ4v) is 4.36. The highest BCUT2D eigenvalue weighted by atomic mass is 35.5. The number of nitrogens with zero attached hydrogens (tertiary/aromatic N) is 2. The fraction of sp³-hybridized carbons (Fsp3) is 0.346. The van der Waals surface area contributed by atoms with Crippen LogP contribution in [-0.2, 0) is 34.0 Å². The van der Waals surface area contributed by atoms with Gasteiger partial charge in [0.25, 0.3) is 0 Å². The number of carbonyl (C=O) groups is 1. The van der Waals surface area contributed by atoms with E-state index in [4.69, 9.17) is 25.8 Å². The number of amides is 1. The number of pyridine rings is 2. The van der Waals surface area contributed by atoms with Crippen LogP contribution in [0.3, 0.4) is 0 Å². The number of benzene rings is 1. The maximum Gasteiger partial charge on any atom is 0.421 e. The molecule has 2 aromatic heterocycles. The van der Waals surface area contributed by atoms with E-state index in [0.717, 1.165) is 0 Å². The second kappa shape index (κ2) is 14.3. The van der Waals surface area contributed by atoms with Crippen LogP contribution in [-0.4, -0.2) is 43.7 Å². The van der Waals surface area contributed by atoms with Gasteiger partial charge in [0.05, 0.1) is 18.3 Å². The first-order chi connectivity index (χ1) is 19.3. The molecule has 0 atom stereocenters. The second-order valence-corrected chi connectivity index (χ2v) is 10.7. The minimum Gasteiger partial charge on any atom is -0.487 e. The summed E-state index contributed by atoms with van der Waals surface area (Å²) >= 11 is 6.02. The molecule has 1 amide bonds. The first-order valence-electron chi connectivity index (χ1n) is 12.4. The molecule has 1 aromatic carbocycles. The lowest BCUT2D eigenvalue weighted by Crippen LogP contribution is -2.41. The van der Waals surface area contributed by atoms with Gasteiger partial charge >= 0.3 is 22.5 Å². The molecule has 0 saturated carbocycles. The van der Waals surface area contributed by atoms with E-state index in [0.29, 0.717) is 35.7 Å². The van der Waals surface area contributed by atoms with Gasteiger partial charge in [0, 0.05) is 31.1 Å². The molecule has 222 valence electrons. The second-order valence-electron chi connectivity index (χ2n) is 8.83. The molecule has 41 heavy (non-hydrogen) atoms. The van der Waals surface area contributed by atoms with Crippen molar-refractivity contribution in [2.75, 3.05) is 13.2 Å². The van der Waals surface area contributed by atoms with Crippen molar-refractivity contribution in [1.82, 2.24) is 19.4 Å². The predicted molar refractivity (Wildman–Crippen MR) is 144 cm³/mol. The topological polar surface area (TPSA) is 129 Å². The molecular formula is C26H28ClF3N4O6S. The van der Waals surface area contributed by atoms with Crippen LogP contribution in [0.2, 0.25) is 5.02 Å². The molecule has 0 fully saturated rings. The molecular weight excluding hydrogens is 589 g/mol. The zero-order chi connectivity index (χ0) is 30.0. The lowest BCUT2D eigenvalue weighted by Gasteiger charge is -2.18. The number of nitrogens with one attached hydrogen (secondary N) is 2. The number of carbonyl (C=O) groups excluding carboxylic acids is 1. The third-order valence-electron chi connectivity index (χ3n) is 5.20. The first-order valence-corrected chi connectivity index (χ1v) is 14.2. The monoisotopic (exact) mass is 616 g/mol. The summed E-state index contributed by atoms with van der Waals surface area (Å²) in [6.45, 7) is 3.44. The van der Waals surface area contributed by atoms with E-state index < -0.39 is 28.0 Å². The van der Waals surface area contributed by atoms with Gasteiger partial charge in [0.1, 0.15) is 5.02 Å². The summed E-state index contributed by atoms with van der Waals surface area (Å²) in [6, 6.07) is 11.0. The van der Waals surface area contributed by atoms with Crippen molar-refractivity contribution in [1.29, 1.82) is 0 Å². The summed E-state index contributed by atoms with van der Waals surface area (Å²) in [6.07, 6.45) is -3.00. The lowest BCUT2D eigenvalue weighted by atomic mass is 10.1. The highest BCUT2D eigenvalue weighted by Crippen LogP contribution is 2.39. The number of aryl methyl sites for hydroxylation is 1. The van der Waals surface area contributed by atoms with Crippen molar-refractivity contribution in [3.63, 3.8) is 0 Å². The van der Waals surface area contributed by atoms with E-state index in [1.54, 1.807) is 61.2 Å². The third-order valence-corrected chi connectivity index (χ3v) is 6.49. The molecule has 0 saturated heterocycles. The molecule has 0 unspecified atom stereocenters. The summed E-state index contributed by atoms with van der Waals surface area (Å²) in [5.41, 5.74) is 0.219. The van der Waals surface area contributed by atoms with Crippen LogP contribution in [0.15, 0.2) is 54.9 Å². The molecule has 0 bridgehead atoms. The molecule has 0 aliphatic heterocycles. The van der Waals surface area contributed by atoms with E-state index in [1.807, 2.05) is 0 Å². The van der Waals surface area contributed by atoms with Gasteiger partial charge in [-0.3, -0.25) is 4.98 Å². The maximum atomic E-state index is 13.0. The van der Waals surface area contributed by atoms with E-state index in [9.17, 15) is 26.4 Å². The Labute approximate surface area is 240 Å². The summed E-state index contributed by atoms with van der Waals surface area (Å²) in [7, 11) is -4.14. The molecule has 0 radical (unpaired) electrons. The van der Waals surface area contributed by atoms with Crippen molar-refractivity contribution in [2.24, 2.45) is 0 Å². The number of para-hydroxylation sites is 1. The molecule has 3 aromatic rings. The Hall–Kier alpha value is -3.62. The average Bonchev–Trinajstić information content (AvgIpc) is 2.88. The van der Waals surface area contributed by atoms with Crippen molar-refractivity contribution >= 4 is 27.9 Å². The molecule has 10 nitrogen and oxygen atoms in total. The molecule has 2 heterocycles. The summed E-state index contributed by atoms with van der Waals surface area (Å²) in [5, 5.41) is -0.347. The number of aromatic nitrogens is 2. The summed E-state index contributed by atoms with van der Waals surface area (Å²) < 4.78 is 83.7. The van der Waals surface area contributed by atoms with Crippen LogP contribution < -0.4 is 18.9 Å². The SMILES string of the molecule is CC(C)Oc1cccc(CCCOC(=O)NS(=O)(=O)NCCc2ccccn2)c1Oc1ncc(C(F)(F)F)cc1Cl. The Morgan fingerprint density at radius 1 is 1.10 bits per heavy atom. The van der Waals surface area contributed by atoms with Gasteiger partial charge in [-0.25, -0.2) is 14.5 Å². The molecule has 3 rings (SSSR count). The van der Waals surface area contributed by atoms with Gasteiger partial charge in [-0.05, 0) is 56.5 Å². The van der Waals surface area contributed by atoms with Crippen LogP contribution in [0.1, 0.15) is 37.1 Å². The predicted octanol–water partition coefficient (Wildman–Crippen LogP) is 5.46. The average molecular weight is 617 g/mol. The van der Waals surface area contributed by atoms with Crippen LogP contribution in [0, 0.1) is 0 Å². The highest BCUT2D eigenvalue weighted by Gasteiger charge is 2.32. The fourth-order valence-electron chi connectivity index (χ4n) is 3.44. The molecule has 0 spiro atoms. The van der Waals surface area contributed by atoms with Gasteiger partial charge < -0.3 is 14.2 Å². The molecule has 2 N–H and O–H groups in total. The van der Waals surface area contributed by atoms with Crippen LogP contribution >= 0.6 is 11.6 Å². The largest absolute Gasteiger partial charge is 0.487 e. The van der Waals surface area contributed by atoms with E-state index >= 15 is 0 Å². The zero-order valence-electron chi connectivity index (χ0n) is 22.1. The number of rotatable bonds is 13. The number of halogens is 4. The summed E-state index contributed by atoms with van der Waals surface area (Å²) in [5.74, 6) is 0.230. The quantitative estimate of drug-likeness (QED) is 0.242. The van der Waals surface area contributed by atoms with Crippen LogP contribution in [0.4, 0.5) is 18.0 Å². The number of alkyl halides is 3. The Kier molecular flexibility index (Phi) is 11.1. The van der Waals surface area contributed by atoms with E-state index in [1.165, 1.54) is 0 Å². The minimum atomic E-state index is -4.62. The van der Waals surface area contributed by atoms with Gasteiger partial charge in [0.2, 0.25) is 5.88 Å². The molecule has 15 heteroatoms. The van der Waals surface area contributed by atoms with Crippen molar-refractivity contribution < 1.29 is 40.6 Å². The number of ether oxygens (including phenoxy) is 3. The minimum absolute atomic E-state index is 0.0228. The van der Waals surface area contributed by atoms with E-state index in [2.05, 4.69) is 14.7 Å². The third kappa shape index (κ3) is 10.4. The Morgan fingerprint density at radius 3 is 2.54 bits per heavy atom. The van der Waals surface area contributed by atoms with Crippen molar-refractivity contribution in [2.45, 2.75) is 45.4 Å². The smallest absolute Gasteiger partial charge is 0.421 e. The standard InChI is InChI=1S/C26H28ClF3N4O6S/c1-17(2)39-22-10-5-7-18(23(22)40-24-21(27)15-19(16-32-24)26(28,29)30)8-6-14-38-25(35)34-41(36,37)33-13-11-20-9-3-4-12-31-20/h3-5,7,9-10,12,15-17,33H,6,8,11,13-14H2,1-2H3,(H,34,35). The van der Waals surface area contributed by atoms with Crippen LogP contribution in [0.5, 0.6) is 17.4 Å². The van der Waals surface area contributed by atoms with Crippen molar-refractivity contribution in [3.8, 4) is 17.4 Å². The molecule has 0 aliphatic carbocycles. The number of hydrogen-bond donors (Lipinski definition) is 2.